The van der Waals surface area contributed by atoms with Crippen molar-refractivity contribution < 1.29 is 17.9 Å². The smallest absolute Gasteiger partial charge is 0.343 e. The number of halogens is 1. The average molecular weight is 495 g/mol. The van der Waals surface area contributed by atoms with Crippen molar-refractivity contribution in [3.05, 3.63) is 89.1 Å². The first-order chi connectivity index (χ1) is 16.2. The molecule has 0 amide bonds. The van der Waals surface area contributed by atoms with Gasteiger partial charge in [-0.05, 0) is 66.1 Å². The molecule has 1 N–H and O–H groups in total. The molecule has 0 saturated heterocycles. The highest BCUT2D eigenvalue weighted by Gasteiger charge is 2.18. The van der Waals surface area contributed by atoms with Crippen LogP contribution in [0.5, 0.6) is 5.75 Å². The second-order valence-electron chi connectivity index (χ2n) is 8.03. The van der Waals surface area contributed by atoms with Gasteiger partial charge < -0.3 is 4.74 Å². The molecule has 0 fully saturated rings. The number of ether oxygens (including phenoxy) is 1. The number of sulfonamides is 1. The van der Waals surface area contributed by atoms with E-state index in [1.165, 1.54) is 31.3 Å². The fourth-order valence-electron chi connectivity index (χ4n) is 3.75. The van der Waals surface area contributed by atoms with Crippen LogP contribution < -0.4 is 9.46 Å². The van der Waals surface area contributed by atoms with E-state index in [0.29, 0.717) is 16.3 Å². The lowest BCUT2D eigenvalue weighted by Crippen LogP contribution is -2.19. The van der Waals surface area contributed by atoms with Crippen molar-refractivity contribution in [2.45, 2.75) is 24.7 Å². The third-order valence-electron chi connectivity index (χ3n) is 5.48. The molecule has 0 saturated carbocycles. The topological polar surface area (TPSA) is 85.4 Å². The summed E-state index contributed by atoms with van der Waals surface area (Å²) >= 11 is 6.39. The zero-order valence-corrected chi connectivity index (χ0v) is 20.4. The summed E-state index contributed by atoms with van der Waals surface area (Å²) in [7, 11) is -2.37. The van der Waals surface area contributed by atoms with Gasteiger partial charge in [0, 0.05) is 11.6 Å². The average Bonchev–Trinajstić information content (AvgIpc) is 2.83. The minimum Gasteiger partial charge on any atom is -0.423 e. The van der Waals surface area contributed by atoms with E-state index in [0.717, 1.165) is 22.1 Å². The van der Waals surface area contributed by atoms with E-state index in [1.54, 1.807) is 24.3 Å². The van der Waals surface area contributed by atoms with Crippen LogP contribution in [0.15, 0.2) is 77.8 Å². The lowest BCUT2D eigenvalue weighted by molar-refractivity contribution is 0.0734. The van der Waals surface area contributed by atoms with Crippen LogP contribution in [0.1, 0.15) is 35.7 Å². The summed E-state index contributed by atoms with van der Waals surface area (Å²) in [6.07, 6.45) is 1.83. The Hall–Kier alpha value is -3.26. The number of nitrogens with one attached hydrogen (secondary N) is 1. The number of nitrogens with zero attached hydrogens (tertiary/aromatic N) is 1. The van der Waals surface area contributed by atoms with Gasteiger partial charge in [0.15, 0.2) is 0 Å². The number of fused-ring (bicyclic) bond motifs is 1. The maximum Gasteiger partial charge on any atom is 0.343 e. The van der Waals surface area contributed by atoms with E-state index in [-0.39, 0.29) is 16.4 Å². The fraction of sp³-hybridized carbons (Fsp3) is 0.154. The van der Waals surface area contributed by atoms with Gasteiger partial charge in [0.1, 0.15) is 5.75 Å². The van der Waals surface area contributed by atoms with Gasteiger partial charge in [0.05, 0.1) is 21.0 Å². The van der Waals surface area contributed by atoms with Gasteiger partial charge in [-0.1, -0.05) is 55.8 Å². The second-order valence-corrected chi connectivity index (χ2v) is 10.3. The van der Waals surface area contributed by atoms with Crippen LogP contribution in [0.3, 0.4) is 0 Å². The van der Waals surface area contributed by atoms with Crippen LogP contribution in [-0.4, -0.2) is 26.4 Å². The minimum absolute atomic E-state index is 0.0140. The highest BCUT2D eigenvalue weighted by molar-refractivity contribution is 7.89. The van der Waals surface area contributed by atoms with Crippen LogP contribution in [0.2, 0.25) is 5.02 Å². The molecule has 0 unspecified atom stereocenters. The minimum atomic E-state index is -3.68. The lowest BCUT2D eigenvalue weighted by atomic mass is 9.91. The fourth-order valence-corrected chi connectivity index (χ4v) is 4.75. The van der Waals surface area contributed by atoms with Crippen LogP contribution >= 0.6 is 11.6 Å². The highest BCUT2D eigenvalue weighted by Crippen LogP contribution is 2.38. The SMILES string of the molecule is CNS(=O)(=O)c1cccc(C(=O)Oc2cccc(-c3c(C(C)C)cnc4c(Cl)cccc34)c2)c1. The third kappa shape index (κ3) is 4.68. The normalized spacial score (nSPS) is 11.7. The van der Waals surface area contributed by atoms with Gasteiger partial charge in [-0.2, -0.15) is 0 Å². The van der Waals surface area contributed by atoms with Crippen molar-refractivity contribution in [1.82, 2.24) is 9.71 Å². The molecule has 1 aromatic heterocycles. The first-order valence-electron chi connectivity index (χ1n) is 10.6. The highest BCUT2D eigenvalue weighted by atomic mass is 35.5. The number of aromatic nitrogens is 1. The van der Waals surface area contributed by atoms with Crippen LogP contribution in [-0.2, 0) is 10.0 Å². The largest absolute Gasteiger partial charge is 0.423 e. The Morgan fingerprint density at radius 1 is 1.03 bits per heavy atom. The summed E-state index contributed by atoms with van der Waals surface area (Å²) in [5.41, 5.74) is 3.71. The standard InChI is InChI=1S/C26H23ClN2O4S/c1-16(2)22-15-29-25-21(11-6-12-23(25)27)24(22)17-7-4-9-19(13-17)33-26(30)18-8-5-10-20(14-18)34(31,32)28-3/h4-16,28H,1-3H3. The van der Waals surface area contributed by atoms with Crippen molar-refractivity contribution in [2.75, 3.05) is 7.05 Å². The lowest BCUT2D eigenvalue weighted by Gasteiger charge is -2.17. The van der Waals surface area contributed by atoms with E-state index < -0.39 is 16.0 Å². The van der Waals surface area contributed by atoms with Gasteiger partial charge in [-0.15, -0.1) is 0 Å². The maximum absolute atomic E-state index is 12.8. The summed E-state index contributed by atoms with van der Waals surface area (Å²) in [6.45, 7) is 4.18. The van der Waals surface area contributed by atoms with Crippen molar-refractivity contribution >= 4 is 38.5 Å². The van der Waals surface area contributed by atoms with Gasteiger partial charge in [-0.3, -0.25) is 4.98 Å². The molecule has 0 aliphatic carbocycles. The molecule has 0 atom stereocenters. The van der Waals surface area contributed by atoms with Gasteiger partial charge in [-0.25, -0.2) is 17.9 Å². The summed E-state index contributed by atoms with van der Waals surface area (Å²) < 4.78 is 32.0. The Morgan fingerprint density at radius 3 is 2.50 bits per heavy atom. The van der Waals surface area contributed by atoms with Crippen molar-refractivity contribution in [2.24, 2.45) is 0 Å². The number of carbonyl (C=O) groups is 1. The number of carbonyl (C=O) groups excluding carboxylic acids is 1. The van der Waals surface area contributed by atoms with Crippen molar-refractivity contribution in [1.29, 1.82) is 0 Å². The predicted octanol–water partition coefficient (Wildman–Crippen LogP) is 5.81. The third-order valence-corrected chi connectivity index (χ3v) is 7.20. The number of pyridine rings is 1. The number of hydrogen-bond acceptors (Lipinski definition) is 5. The molecule has 8 heteroatoms. The maximum atomic E-state index is 12.8. The van der Waals surface area contributed by atoms with E-state index >= 15 is 0 Å². The summed E-state index contributed by atoms with van der Waals surface area (Å²) in [5, 5.41) is 1.47. The zero-order valence-electron chi connectivity index (χ0n) is 18.9. The second kappa shape index (κ2) is 9.54. The zero-order chi connectivity index (χ0) is 24.5. The molecular weight excluding hydrogens is 472 g/mol. The molecule has 3 aromatic carbocycles. The summed E-state index contributed by atoms with van der Waals surface area (Å²) in [4.78, 5) is 17.3. The van der Waals surface area contributed by atoms with Gasteiger partial charge in [0.2, 0.25) is 10.0 Å². The Balaban J connectivity index is 1.74. The Kier molecular flexibility index (Phi) is 6.70. The first-order valence-corrected chi connectivity index (χ1v) is 12.5. The first kappa shape index (κ1) is 23.9. The number of benzene rings is 3. The molecule has 4 rings (SSSR count). The molecule has 0 aliphatic rings. The molecule has 4 aromatic rings. The molecule has 6 nitrogen and oxygen atoms in total. The number of esters is 1. The summed E-state index contributed by atoms with van der Waals surface area (Å²) in [6, 6.07) is 18.6. The quantitative estimate of drug-likeness (QED) is 0.270. The molecule has 0 radical (unpaired) electrons. The van der Waals surface area contributed by atoms with E-state index in [4.69, 9.17) is 16.3 Å². The van der Waals surface area contributed by atoms with Crippen molar-refractivity contribution in [3.8, 4) is 16.9 Å². The summed E-state index contributed by atoms with van der Waals surface area (Å²) in [5.74, 6) is -0.114. The predicted molar refractivity (Wildman–Crippen MR) is 134 cm³/mol. The molecule has 0 bridgehead atoms. The molecule has 34 heavy (non-hydrogen) atoms. The molecule has 1 heterocycles. The molecular formula is C26H23ClN2O4S. The molecule has 0 spiro atoms. The Labute approximate surface area is 203 Å². The Morgan fingerprint density at radius 2 is 1.76 bits per heavy atom. The van der Waals surface area contributed by atoms with Crippen LogP contribution in [0.4, 0.5) is 0 Å². The van der Waals surface area contributed by atoms with Crippen molar-refractivity contribution in [3.63, 3.8) is 0 Å². The van der Waals surface area contributed by atoms with E-state index in [1.807, 2.05) is 24.4 Å². The number of rotatable bonds is 6. The Bertz CT molecular complexity index is 1500. The van der Waals surface area contributed by atoms with E-state index in [2.05, 4.69) is 23.6 Å². The van der Waals surface area contributed by atoms with Gasteiger partial charge in [0.25, 0.3) is 0 Å². The van der Waals surface area contributed by atoms with Crippen LogP contribution in [0.25, 0.3) is 22.0 Å². The number of para-hydroxylation sites is 1. The van der Waals surface area contributed by atoms with Crippen LogP contribution in [0, 0.1) is 0 Å². The van der Waals surface area contributed by atoms with E-state index in [9.17, 15) is 13.2 Å². The monoisotopic (exact) mass is 494 g/mol. The molecule has 0 aliphatic heterocycles. The number of hydrogen-bond donors (Lipinski definition) is 1. The molecule has 174 valence electrons. The van der Waals surface area contributed by atoms with Gasteiger partial charge >= 0.3 is 5.97 Å².